The predicted molar refractivity (Wildman–Crippen MR) is 77.5 cm³/mol. The molecule has 106 valence electrons. The third kappa shape index (κ3) is 1.99. The van der Waals surface area contributed by atoms with Crippen LogP contribution in [0.15, 0.2) is 18.2 Å². The first-order chi connectivity index (χ1) is 9.50. The fraction of sp³-hybridized carbons (Fsp3) is 0.500. The molecule has 0 radical (unpaired) electrons. The van der Waals surface area contributed by atoms with Crippen LogP contribution < -0.4 is 10.2 Å². The van der Waals surface area contributed by atoms with Crippen LogP contribution in [0.2, 0.25) is 0 Å². The molecule has 1 heterocycles. The van der Waals surface area contributed by atoms with Gasteiger partial charge in [0, 0.05) is 5.69 Å². The Morgan fingerprint density at radius 1 is 1.20 bits per heavy atom. The molecule has 1 saturated heterocycles. The van der Waals surface area contributed by atoms with Crippen molar-refractivity contribution >= 4 is 17.5 Å². The normalized spacial score (nSPS) is 26.6. The molecule has 0 bridgehead atoms. The van der Waals surface area contributed by atoms with Crippen LogP contribution in [-0.2, 0) is 9.59 Å². The zero-order valence-electron chi connectivity index (χ0n) is 12.1. The van der Waals surface area contributed by atoms with Gasteiger partial charge in [0.2, 0.25) is 5.91 Å². The molecule has 2 aliphatic rings. The molecule has 2 amide bonds. The first-order valence-corrected chi connectivity index (χ1v) is 7.20. The molecular weight excluding hydrogens is 252 g/mol. The van der Waals surface area contributed by atoms with E-state index in [0.717, 1.165) is 29.7 Å². The second kappa shape index (κ2) is 4.62. The minimum Gasteiger partial charge on any atom is -0.342 e. The van der Waals surface area contributed by atoms with E-state index in [1.807, 2.05) is 32.0 Å². The molecule has 1 aromatic carbocycles. The Hall–Kier alpha value is -1.84. The molecule has 2 atom stereocenters. The van der Waals surface area contributed by atoms with Gasteiger partial charge in [0.1, 0.15) is 12.1 Å². The van der Waals surface area contributed by atoms with Gasteiger partial charge in [-0.15, -0.1) is 0 Å². The zero-order chi connectivity index (χ0) is 14.4. The number of nitrogens with one attached hydrogen (secondary N) is 1. The molecule has 4 heteroatoms. The van der Waals surface area contributed by atoms with Crippen molar-refractivity contribution in [1.82, 2.24) is 5.32 Å². The number of hydrogen-bond acceptors (Lipinski definition) is 2. The summed E-state index contributed by atoms with van der Waals surface area (Å²) in [5, 5.41) is 2.88. The van der Waals surface area contributed by atoms with Gasteiger partial charge >= 0.3 is 0 Å². The van der Waals surface area contributed by atoms with Gasteiger partial charge in [-0.25, -0.2) is 0 Å². The minimum absolute atomic E-state index is 0.0355. The highest BCUT2D eigenvalue weighted by molar-refractivity contribution is 6.08. The first-order valence-electron chi connectivity index (χ1n) is 7.20. The molecule has 1 aliphatic carbocycles. The van der Waals surface area contributed by atoms with Gasteiger partial charge in [-0.05, 0) is 56.7 Å². The van der Waals surface area contributed by atoms with Crippen LogP contribution in [0, 0.1) is 19.8 Å². The van der Waals surface area contributed by atoms with E-state index in [0.29, 0.717) is 5.92 Å². The second-order valence-corrected chi connectivity index (χ2v) is 5.93. The number of carbonyl (C=O) groups excluding carboxylic acids is 2. The van der Waals surface area contributed by atoms with Gasteiger partial charge in [-0.2, -0.15) is 0 Å². The van der Waals surface area contributed by atoms with Crippen LogP contribution in [0.1, 0.15) is 30.9 Å². The number of nitrogens with zero attached hydrogens (tertiary/aromatic N) is 1. The Balaban J connectivity index is 2.02. The molecule has 2 fully saturated rings. The van der Waals surface area contributed by atoms with Crippen molar-refractivity contribution < 1.29 is 9.59 Å². The fourth-order valence-corrected chi connectivity index (χ4v) is 2.87. The highest BCUT2D eigenvalue weighted by Crippen LogP contribution is 2.37. The van der Waals surface area contributed by atoms with E-state index >= 15 is 0 Å². The van der Waals surface area contributed by atoms with E-state index in [4.69, 9.17) is 0 Å². The number of hydrogen-bond donors (Lipinski definition) is 1. The average molecular weight is 272 g/mol. The highest BCUT2D eigenvalue weighted by Gasteiger charge is 2.46. The van der Waals surface area contributed by atoms with Crippen molar-refractivity contribution in [1.29, 1.82) is 0 Å². The number of rotatable bonds is 2. The molecule has 1 saturated carbocycles. The summed E-state index contributed by atoms with van der Waals surface area (Å²) in [4.78, 5) is 26.6. The maximum atomic E-state index is 12.7. The number of piperazine rings is 1. The zero-order valence-corrected chi connectivity index (χ0v) is 12.1. The monoisotopic (exact) mass is 272 g/mol. The Labute approximate surface area is 119 Å². The van der Waals surface area contributed by atoms with Crippen LogP contribution in [0.3, 0.4) is 0 Å². The van der Waals surface area contributed by atoms with E-state index in [9.17, 15) is 9.59 Å². The minimum atomic E-state index is -0.446. The van der Waals surface area contributed by atoms with Crippen LogP contribution in [0.5, 0.6) is 0 Å². The summed E-state index contributed by atoms with van der Waals surface area (Å²) >= 11 is 0. The molecule has 2 unspecified atom stereocenters. The molecule has 1 aromatic rings. The summed E-state index contributed by atoms with van der Waals surface area (Å²) in [6, 6.07) is 5.11. The van der Waals surface area contributed by atoms with Crippen molar-refractivity contribution in [3.63, 3.8) is 0 Å². The number of anilines is 1. The summed E-state index contributed by atoms with van der Waals surface area (Å²) in [5.74, 6) is 0.308. The van der Waals surface area contributed by atoms with E-state index < -0.39 is 6.04 Å². The number of benzene rings is 1. The maximum absolute atomic E-state index is 12.7. The summed E-state index contributed by atoms with van der Waals surface area (Å²) in [6.07, 6.45) is 2.07. The Kier molecular flexibility index (Phi) is 3.04. The van der Waals surface area contributed by atoms with Gasteiger partial charge in [-0.1, -0.05) is 12.1 Å². The van der Waals surface area contributed by atoms with E-state index in [2.05, 4.69) is 5.32 Å². The summed E-state index contributed by atoms with van der Waals surface area (Å²) in [6.45, 7) is 5.82. The summed E-state index contributed by atoms with van der Waals surface area (Å²) in [7, 11) is 0. The van der Waals surface area contributed by atoms with Crippen molar-refractivity contribution in [2.75, 3.05) is 4.90 Å². The lowest BCUT2D eigenvalue weighted by Crippen LogP contribution is -2.63. The number of aryl methyl sites for hydroxylation is 1. The van der Waals surface area contributed by atoms with E-state index in [1.54, 1.807) is 11.8 Å². The van der Waals surface area contributed by atoms with Gasteiger partial charge in [0.25, 0.3) is 5.91 Å². The number of carbonyl (C=O) groups is 2. The highest BCUT2D eigenvalue weighted by atomic mass is 16.2. The molecule has 0 spiro atoms. The molecular formula is C16H20N2O2. The topological polar surface area (TPSA) is 49.4 Å². The Bertz CT molecular complexity index is 578. The van der Waals surface area contributed by atoms with Crippen LogP contribution in [0.25, 0.3) is 0 Å². The lowest BCUT2D eigenvalue weighted by atomic mass is 10.0. The van der Waals surface area contributed by atoms with Crippen LogP contribution in [0.4, 0.5) is 5.69 Å². The number of amides is 2. The summed E-state index contributed by atoms with van der Waals surface area (Å²) < 4.78 is 0. The second-order valence-electron chi connectivity index (χ2n) is 5.93. The summed E-state index contributed by atoms with van der Waals surface area (Å²) in [5.41, 5.74) is 3.07. The van der Waals surface area contributed by atoms with Gasteiger partial charge < -0.3 is 5.32 Å². The SMILES string of the molecule is Cc1cccc(N2C(=O)C(C3CC3)NC(=O)C2C)c1C. The molecule has 1 N–H and O–H groups in total. The third-order valence-corrected chi connectivity index (χ3v) is 4.50. The first kappa shape index (κ1) is 13.2. The quantitative estimate of drug-likeness (QED) is 0.894. The molecule has 1 aliphatic heterocycles. The Morgan fingerprint density at radius 2 is 1.90 bits per heavy atom. The molecule has 4 nitrogen and oxygen atoms in total. The fourth-order valence-electron chi connectivity index (χ4n) is 2.87. The van der Waals surface area contributed by atoms with Crippen LogP contribution >= 0.6 is 0 Å². The molecule has 0 aromatic heterocycles. The molecule has 3 rings (SSSR count). The molecule has 20 heavy (non-hydrogen) atoms. The van der Waals surface area contributed by atoms with Crippen LogP contribution in [-0.4, -0.2) is 23.9 Å². The van der Waals surface area contributed by atoms with Gasteiger partial charge in [0.15, 0.2) is 0 Å². The largest absolute Gasteiger partial charge is 0.342 e. The lowest BCUT2D eigenvalue weighted by Gasteiger charge is -2.38. The van der Waals surface area contributed by atoms with Crippen molar-refractivity contribution in [3.05, 3.63) is 29.3 Å². The van der Waals surface area contributed by atoms with Crippen molar-refractivity contribution in [2.24, 2.45) is 5.92 Å². The maximum Gasteiger partial charge on any atom is 0.250 e. The van der Waals surface area contributed by atoms with Gasteiger partial charge in [0.05, 0.1) is 0 Å². The smallest absolute Gasteiger partial charge is 0.250 e. The van der Waals surface area contributed by atoms with E-state index in [-0.39, 0.29) is 17.9 Å². The third-order valence-electron chi connectivity index (χ3n) is 4.50. The van der Waals surface area contributed by atoms with E-state index in [1.165, 1.54) is 0 Å². The van der Waals surface area contributed by atoms with Gasteiger partial charge in [-0.3, -0.25) is 14.5 Å². The predicted octanol–water partition coefficient (Wildman–Crippen LogP) is 1.93. The Morgan fingerprint density at radius 3 is 2.55 bits per heavy atom. The van der Waals surface area contributed by atoms with Crippen molar-refractivity contribution in [3.8, 4) is 0 Å². The standard InChI is InChI=1S/C16H20N2O2/c1-9-5-4-6-13(10(9)2)18-11(3)15(19)17-14(16(18)20)12-7-8-12/h4-6,11-12,14H,7-8H2,1-3H3,(H,17,19). The van der Waals surface area contributed by atoms with Crippen molar-refractivity contribution in [2.45, 2.75) is 45.7 Å². The average Bonchev–Trinajstić information content (AvgIpc) is 3.23. The lowest BCUT2D eigenvalue weighted by molar-refractivity contribution is -0.134.